The van der Waals surface area contributed by atoms with Gasteiger partial charge in [-0.25, -0.2) is 0 Å². The molecule has 23 heavy (non-hydrogen) atoms. The first-order chi connectivity index (χ1) is 11.0. The van der Waals surface area contributed by atoms with Crippen LogP contribution in [0.5, 0.6) is 0 Å². The van der Waals surface area contributed by atoms with Crippen molar-refractivity contribution in [3.8, 4) is 0 Å². The quantitative estimate of drug-likeness (QED) is 0.826. The van der Waals surface area contributed by atoms with E-state index in [1.807, 2.05) is 61.5 Å². The molecule has 0 spiro atoms. The number of carbonyl (C=O) groups is 2. The summed E-state index contributed by atoms with van der Waals surface area (Å²) in [6, 6.07) is 16.9. The van der Waals surface area contributed by atoms with Crippen LogP contribution >= 0.6 is 0 Å². The van der Waals surface area contributed by atoms with E-state index in [2.05, 4.69) is 5.32 Å². The number of carbonyl (C=O) groups excluding carboxylic acids is 1. The Morgan fingerprint density at radius 1 is 1.00 bits per heavy atom. The summed E-state index contributed by atoms with van der Waals surface area (Å²) in [5.41, 5.74) is 3.08. The maximum atomic E-state index is 12.1. The van der Waals surface area contributed by atoms with Crippen molar-refractivity contribution in [2.45, 2.75) is 32.2 Å². The maximum Gasteiger partial charge on any atom is 0.305 e. The van der Waals surface area contributed by atoms with Gasteiger partial charge in [-0.15, -0.1) is 0 Å². The van der Waals surface area contributed by atoms with Crippen molar-refractivity contribution < 1.29 is 14.7 Å². The number of aryl methyl sites for hydroxylation is 1. The molecule has 2 aromatic rings. The normalized spacial score (nSPS) is 11.7. The average Bonchev–Trinajstić information content (AvgIpc) is 2.50. The first kappa shape index (κ1) is 16.7. The lowest BCUT2D eigenvalue weighted by Gasteiger charge is -2.17. The fourth-order valence-electron chi connectivity index (χ4n) is 2.45. The fourth-order valence-corrected chi connectivity index (χ4v) is 2.45. The molecular weight excluding hydrogens is 290 g/mol. The molecule has 0 aliphatic rings. The van der Waals surface area contributed by atoms with E-state index in [9.17, 15) is 9.59 Å². The standard InChI is InChI=1S/C19H21NO3/c1-14-7-9-16(10-8-14)11-17(13-19(22)23)20-18(21)12-15-5-3-2-4-6-15/h2-10,17H,11-13H2,1H3,(H,20,21)(H,22,23)/t17-/m0/s1. The Kier molecular flexibility index (Phi) is 5.92. The number of carboxylic acid groups (broad SMARTS) is 1. The Labute approximate surface area is 136 Å². The number of amides is 1. The zero-order chi connectivity index (χ0) is 16.7. The zero-order valence-corrected chi connectivity index (χ0v) is 13.2. The van der Waals surface area contributed by atoms with Crippen LogP contribution in [-0.4, -0.2) is 23.0 Å². The van der Waals surface area contributed by atoms with Crippen LogP contribution in [0.3, 0.4) is 0 Å². The molecule has 0 aromatic heterocycles. The van der Waals surface area contributed by atoms with Gasteiger partial charge in [-0.1, -0.05) is 60.2 Å². The summed E-state index contributed by atoms with van der Waals surface area (Å²) >= 11 is 0. The van der Waals surface area contributed by atoms with Gasteiger partial charge in [0.2, 0.25) is 5.91 Å². The predicted molar refractivity (Wildman–Crippen MR) is 89.2 cm³/mol. The number of rotatable bonds is 7. The van der Waals surface area contributed by atoms with Gasteiger partial charge in [0.25, 0.3) is 0 Å². The molecule has 0 heterocycles. The summed E-state index contributed by atoms with van der Waals surface area (Å²) in [6.07, 6.45) is 0.673. The van der Waals surface area contributed by atoms with Crippen LogP contribution in [0.4, 0.5) is 0 Å². The zero-order valence-electron chi connectivity index (χ0n) is 13.2. The molecular formula is C19H21NO3. The predicted octanol–water partition coefficient (Wildman–Crippen LogP) is 2.74. The maximum absolute atomic E-state index is 12.1. The largest absolute Gasteiger partial charge is 0.481 e. The molecule has 0 saturated heterocycles. The molecule has 0 aliphatic carbocycles. The third-order valence-electron chi connectivity index (χ3n) is 3.60. The highest BCUT2D eigenvalue weighted by Crippen LogP contribution is 2.09. The van der Waals surface area contributed by atoms with E-state index in [0.29, 0.717) is 6.42 Å². The first-order valence-corrected chi connectivity index (χ1v) is 7.63. The number of benzene rings is 2. The fraction of sp³-hybridized carbons (Fsp3) is 0.263. The van der Waals surface area contributed by atoms with E-state index in [1.54, 1.807) is 0 Å². The van der Waals surface area contributed by atoms with Crippen molar-refractivity contribution >= 4 is 11.9 Å². The van der Waals surface area contributed by atoms with Crippen LogP contribution < -0.4 is 5.32 Å². The van der Waals surface area contributed by atoms with E-state index in [4.69, 9.17) is 5.11 Å². The second kappa shape index (κ2) is 8.13. The van der Waals surface area contributed by atoms with Crippen molar-refractivity contribution in [1.29, 1.82) is 0 Å². The molecule has 2 N–H and O–H groups in total. The Morgan fingerprint density at radius 2 is 1.65 bits per heavy atom. The van der Waals surface area contributed by atoms with E-state index in [0.717, 1.165) is 16.7 Å². The molecule has 4 heteroatoms. The lowest BCUT2D eigenvalue weighted by atomic mass is 10.0. The first-order valence-electron chi connectivity index (χ1n) is 7.63. The second-order valence-electron chi connectivity index (χ2n) is 5.71. The van der Waals surface area contributed by atoms with Gasteiger partial charge in [0.15, 0.2) is 0 Å². The smallest absolute Gasteiger partial charge is 0.305 e. The highest BCUT2D eigenvalue weighted by atomic mass is 16.4. The van der Waals surface area contributed by atoms with Crippen molar-refractivity contribution in [2.24, 2.45) is 0 Å². The number of hydrogen-bond acceptors (Lipinski definition) is 2. The summed E-state index contributed by atoms with van der Waals surface area (Å²) in [4.78, 5) is 23.2. The summed E-state index contributed by atoms with van der Waals surface area (Å²) < 4.78 is 0. The van der Waals surface area contributed by atoms with Crippen LogP contribution in [0.2, 0.25) is 0 Å². The molecule has 4 nitrogen and oxygen atoms in total. The van der Waals surface area contributed by atoms with Crippen LogP contribution in [0.1, 0.15) is 23.1 Å². The van der Waals surface area contributed by atoms with Crippen LogP contribution in [0.25, 0.3) is 0 Å². The van der Waals surface area contributed by atoms with Crippen molar-refractivity contribution in [3.05, 3.63) is 71.3 Å². The monoisotopic (exact) mass is 311 g/mol. The third-order valence-corrected chi connectivity index (χ3v) is 3.60. The molecule has 0 fully saturated rings. The van der Waals surface area contributed by atoms with Crippen LogP contribution in [0, 0.1) is 6.92 Å². The summed E-state index contributed by atoms with van der Waals surface area (Å²) in [7, 11) is 0. The van der Waals surface area contributed by atoms with E-state index >= 15 is 0 Å². The van der Waals surface area contributed by atoms with Crippen molar-refractivity contribution in [1.82, 2.24) is 5.32 Å². The minimum absolute atomic E-state index is 0.0889. The Morgan fingerprint density at radius 3 is 2.26 bits per heavy atom. The summed E-state index contributed by atoms with van der Waals surface area (Å²) in [5, 5.41) is 11.9. The molecule has 0 saturated carbocycles. The van der Waals surface area contributed by atoms with Gasteiger partial charge in [0.05, 0.1) is 12.8 Å². The Balaban J connectivity index is 1.98. The lowest BCUT2D eigenvalue weighted by Crippen LogP contribution is -2.38. The highest BCUT2D eigenvalue weighted by Gasteiger charge is 2.16. The molecule has 0 unspecified atom stereocenters. The minimum Gasteiger partial charge on any atom is -0.481 e. The molecule has 120 valence electrons. The van der Waals surface area contributed by atoms with Crippen molar-refractivity contribution in [2.75, 3.05) is 0 Å². The van der Waals surface area contributed by atoms with Crippen LogP contribution in [-0.2, 0) is 22.4 Å². The highest BCUT2D eigenvalue weighted by molar-refractivity contribution is 5.79. The third kappa shape index (κ3) is 5.94. The molecule has 0 bridgehead atoms. The summed E-state index contributed by atoms with van der Waals surface area (Å²) in [5.74, 6) is -1.07. The van der Waals surface area contributed by atoms with Gasteiger partial charge in [-0.2, -0.15) is 0 Å². The van der Waals surface area contributed by atoms with Crippen molar-refractivity contribution in [3.63, 3.8) is 0 Å². The molecule has 2 aromatic carbocycles. The van der Waals surface area contributed by atoms with Gasteiger partial charge < -0.3 is 10.4 Å². The van der Waals surface area contributed by atoms with Gasteiger partial charge in [0, 0.05) is 6.04 Å². The molecule has 2 rings (SSSR count). The second-order valence-corrected chi connectivity index (χ2v) is 5.71. The SMILES string of the molecule is Cc1ccc(C[C@@H](CC(=O)O)NC(=O)Cc2ccccc2)cc1. The van der Waals surface area contributed by atoms with E-state index in [-0.39, 0.29) is 18.7 Å². The summed E-state index contributed by atoms with van der Waals surface area (Å²) in [6.45, 7) is 2.00. The number of carboxylic acids is 1. The number of hydrogen-bond donors (Lipinski definition) is 2. The Hall–Kier alpha value is -2.62. The molecule has 1 atom stereocenters. The Bertz CT molecular complexity index is 650. The van der Waals surface area contributed by atoms with E-state index < -0.39 is 12.0 Å². The van der Waals surface area contributed by atoms with Crippen LogP contribution in [0.15, 0.2) is 54.6 Å². The van der Waals surface area contributed by atoms with Gasteiger partial charge in [-0.05, 0) is 24.5 Å². The molecule has 0 radical (unpaired) electrons. The van der Waals surface area contributed by atoms with Gasteiger partial charge in [-0.3, -0.25) is 9.59 Å². The average molecular weight is 311 g/mol. The van der Waals surface area contributed by atoms with E-state index in [1.165, 1.54) is 0 Å². The number of aliphatic carboxylic acids is 1. The topological polar surface area (TPSA) is 66.4 Å². The van der Waals surface area contributed by atoms with Gasteiger partial charge in [0.1, 0.15) is 0 Å². The van der Waals surface area contributed by atoms with Gasteiger partial charge >= 0.3 is 5.97 Å². The molecule has 0 aliphatic heterocycles. The molecule has 1 amide bonds. The lowest BCUT2D eigenvalue weighted by molar-refractivity contribution is -0.137. The minimum atomic E-state index is -0.915. The number of nitrogens with one attached hydrogen (secondary N) is 1.